The number of benzene rings is 1. The molecule has 0 atom stereocenters. The van der Waals surface area contributed by atoms with E-state index in [9.17, 15) is 4.79 Å². The Labute approximate surface area is 96.4 Å². The van der Waals surface area contributed by atoms with E-state index in [0.29, 0.717) is 13.2 Å². The average molecular weight is 222 g/mol. The first-order valence-corrected chi connectivity index (χ1v) is 5.60. The van der Waals surface area contributed by atoms with Gasteiger partial charge in [-0.15, -0.1) is 0 Å². The molecule has 1 rings (SSSR count). The Morgan fingerprint density at radius 3 is 2.62 bits per heavy atom. The molecular formula is C13H18O3. The summed E-state index contributed by atoms with van der Waals surface area (Å²) >= 11 is 0. The zero-order valence-electron chi connectivity index (χ0n) is 9.65. The maximum Gasteiger partial charge on any atom is 0.332 e. The van der Waals surface area contributed by atoms with Crippen LogP contribution in [0.3, 0.4) is 0 Å². The summed E-state index contributed by atoms with van der Waals surface area (Å²) < 4.78 is 10.1. The quantitative estimate of drug-likeness (QED) is 0.524. The average Bonchev–Trinajstić information content (AvgIpc) is 2.33. The molecule has 88 valence electrons. The van der Waals surface area contributed by atoms with Crippen LogP contribution in [0.25, 0.3) is 0 Å². The summed E-state index contributed by atoms with van der Waals surface area (Å²) in [7, 11) is 0. The lowest BCUT2D eigenvalue weighted by atomic mass is 10.2. The van der Waals surface area contributed by atoms with Gasteiger partial charge in [0.1, 0.15) is 6.61 Å². The molecule has 0 heterocycles. The SMILES string of the molecule is CCCOC(=O)COCCc1ccccc1. The molecule has 0 radical (unpaired) electrons. The molecule has 0 amide bonds. The fraction of sp³-hybridized carbons (Fsp3) is 0.462. The molecule has 0 bridgehead atoms. The van der Waals surface area contributed by atoms with E-state index in [1.807, 2.05) is 37.3 Å². The van der Waals surface area contributed by atoms with Gasteiger partial charge in [-0.05, 0) is 18.4 Å². The van der Waals surface area contributed by atoms with Crippen LogP contribution in [-0.4, -0.2) is 25.8 Å². The van der Waals surface area contributed by atoms with Gasteiger partial charge >= 0.3 is 5.97 Å². The highest BCUT2D eigenvalue weighted by Crippen LogP contribution is 1.99. The predicted octanol–water partition coefficient (Wildman–Crippen LogP) is 2.20. The van der Waals surface area contributed by atoms with Crippen molar-refractivity contribution in [3.63, 3.8) is 0 Å². The van der Waals surface area contributed by atoms with E-state index in [2.05, 4.69) is 0 Å². The van der Waals surface area contributed by atoms with Crippen molar-refractivity contribution in [2.75, 3.05) is 19.8 Å². The lowest BCUT2D eigenvalue weighted by Crippen LogP contribution is -2.14. The molecule has 1 aromatic carbocycles. The Morgan fingerprint density at radius 2 is 1.94 bits per heavy atom. The van der Waals surface area contributed by atoms with Crippen LogP contribution in [0.15, 0.2) is 30.3 Å². The minimum Gasteiger partial charge on any atom is -0.464 e. The van der Waals surface area contributed by atoms with Gasteiger partial charge in [-0.3, -0.25) is 0 Å². The third-order valence-corrected chi connectivity index (χ3v) is 2.06. The van der Waals surface area contributed by atoms with E-state index in [4.69, 9.17) is 9.47 Å². The number of carbonyl (C=O) groups is 1. The molecule has 16 heavy (non-hydrogen) atoms. The Balaban J connectivity index is 2.06. The summed E-state index contributed by atoms with van der Waals surface area (Å²) in [6.45, 7) is 3.03. The Morgan fingerprint density at radius 1 is 1.19 bits per heavy atom. The fourth-order valence-electron chi connectivity index (χ4n) is 1.25. The van der Waals surface area contributed by atoms with Gasteiger partial charge in [-0.25, -0.2) is 4.79 Å². The number of hydrogen-bond donors (Lipinski definition) is 0. The summed E-state index contributed by atoms with van der Waals surface area (Å²) in [6.07, 6.45) is 1.66. The summed E-state index contributed by atoms with van der Waals surface area (Å²) in [5, 5.41) is 0. The molecule has 0 N–H and O–H groups in total. The van der Waals surface area contributed by atoms with Crippen molar-refractivity contribution in [1.82, 2.24) is 0 Å². The molecule has 0 spiro atoms. The van der Waals surface area contributed by atoms with Gasteiger partial charge in [0.15, 0.2) is 0 Å². The first-order valence-electron chi connectivity index (χ1n) is 5.60. The summed E-state index contributed by atoms with van der Waals surface area (Å²) in [6, 6.07) is 10.0. The van der Waals surface area contributed by atoms with Gasteiger partial charge in [0, 0.05) is 0 Å². The number of hydrogen-bond acceptors (Lipinski definition) is 3. The van der Waals surface area contributed by atoms with Crippen molar-refractivity contribution in [3.05, 3.63) is 35.9 Å². The van der Waals surface area contributed by atoms with E-state index in [0.717, 1.165) is 12.8 Å². The lowest BCUT2D eigenvalue weighted by molar-refractivity contribution is -0.148. The lowest BCUT2D eigenvalue weighted by Gasteiger charge is -2.04. The van der Waals surface area contributed by atoms with Gasteiger partial charge < -0.3 is 9.47 Å². The van der Waals surface area contributed by atoms with E-state index >= 15 is 0 Å². The Hall–Kier alpha value is -1.35. The second kappa shape index (κ2) is 7.88. The normalized spacial score (nSPS) is 10.1. The van der Waals surface area contributed by atoms with Crippen molar-refractivity contribution < 1.29 is 14.3 Å². The second-order valence-electron chi connectivity index (χ2n) is 3.51. The van der Waals surface area contributed by atoms with Gasteiger partial charge in [-0.2, -0.15) is 0 Å². The van der Waals surface area contributed by atoms with Gasteiger partial charge in [0.25, 0.3) is 0 Å². The number of rotatable bonds is 7. The zero-order chi connectivity index (χ0) is 11.6. The van der Waals surface area contributed by atoms with Gasteiger partial charge in [0.2, 0.25) is 0 Å². The highest BCUT2D eigenvalue weighted by atomic mass is 16.6. The van der Waals surface area contributed by atoms with E-state index < -0.39 is 0 Å². The molecule has 0 aliphatic rings. The monoisotopic (exact) mass is 222 g/mol. The minimum absolute atomic E-state index is 0.0484. The molecule has 0 saturated heterocycles. The molecule has 0 aliphatic carbocycles. The van der Waals surface area contributed by atoms with Gasteiger partial charge in [0.05, 0.1) is 13.2 Å². The van der Waals surface area contributed by atoms with Crippen LogP contribution in [0.2, 0.25) is 0 Å². The molecule has 0 aromatic heterocycles. The molecular weight excluding hydrogens is 204 g/mol. The fourth-order valence-corrected chi connectivity index (χ4v) is 1.25. The van der Waals surface area contributed by atoms with Crippen LogP contribution >= 0.6 is 0 Å². The Kier molecular flexibility index (Phi) is 6.26. The molecule has 0 unspecified atom stereocenters. The van der Waals surface area contributed by atoms with E-state index in [1.54, 1.807) is 0 Å². The van der Waals surface area contributed by atoms with Crippen molar-refractivity contribution in [2.45, 2.75) is 19.8 Å². The maximum absolute atomic E-state index is 11.1. The minimum atomic E-state index is -0.282. The number of ether oxygens (including phenoxy) is 2. The Bertz CT molecular complexity index is 295. The van der Waals surface area contributed by atoms with Crippen LogP contribution in [0, 0.1) is 0 Å². The standard InChI is InChI=1S/C13H18O3/c1-2-9-16-13(14)11-15-10-8-12-6-4-3-5-7-12/h3-7H,2,8-11H2,1H3. The number of esters is 1. The van der Waals surface area contributed by atoms with E-state index in [1.165, 1.54) is 5.56 Å². The summed E-state index contributed by atoms with van der Waals surface area (Å²) in [4.78, 5) is 11.1. The van der Waals surface area contributed by atoms with Crippen molar-refractivity contribution in [2.24, 2.45) is 0 Å². The second-order valence-corrected chi connectivity index (χ2v) is 3.51. The molecule has 0 aliphatic heterocycles. The van der Waals surface area contributed by atoms with Crippen LogP contribution in [0.4, 0.5) is 0 Å². The molecule has 0 saturated carbocycles. The third kappa shape index (κ3) is 5.51. The molecule has 1 aromatic rings. The van der Waals surface area contributed by atoms with Crippen molar-refractivity contribution in [1.29, 1.82) is 0 Å². The van der Waals surface area contributed by atoms with Crippen LogP contribution in [0.1, 0.15) is 18.9 Å². The summed E-state index contributed by atoms with van der Waals surface area (Å²) in [5.74, 6) is -0.282. The zero-order valence-corrected chi connectivity index (χ0v) is 9.65. The third-order valence-electron chi connectivity index (χ3n) is 2.06. The molecule has 3 nitrogen and oxygen atoms in total. The molecule has 0 fully saturated rings. The number of carbonyl (C=O) groups excluding carboxylic acids is 1. The highest BCUT2D eigenvalue weighted by molar-refractivity contribution is 5.70. The summed E-state index contributed by atoms with van der Waals surface area (Å²) in [5.41, 5.74) is 1.21. The van der Waals surface area contributed by atoms with E-state index in [-0.39, 0.29) is 12.6 Å². The first kappa shape index (κ1) is 12.7. The van der Waals surface area contributed by atoms with Crippen LogP contribution in [-0.2, 0) is 20.7 Å². The van der Waals surface area contributed by atoms with Crippen LogP contribution < -0.4 is 0 Å². The maximum atomic E-state index is 11.1. The smallest absolute Gasteiger partial charge is 0.332 e. The first-order chi connectivity index (χ1) is 7.83. The molecule has 3 heteroatoms. The van der Waals surface area contributed by atoms with Crippen molar-refractivity contribution in [3.8, 4) is 0 Å². The topological polar surface area (TPSA) is 35.5 Å². The van der Waals surface area contributed by atoms with Crippen molar-refractivity contribution >= 4 is 5.97 Å². The van der Waals surface area contributed by atoms with Crippen LogP contribution in [0.5, 0.6) is 0 Å². The van der Waals surface area contributed by atoms with Gasteiger partial charge in [-0.1, -0.05) is 37.3 Å². The largest absolute Gasteiger partial charge is 0.464 e. The predicted molar refractivity (Wildman–Crippen MR) is 62.2 cm³/mol. The highest BCUT2D eigenvalue weighted by Gasteiger charge is 2.01.